The lowest BCUT2D eigenvalue weighted by Crippen LogP contribution is -2.33. The third-order valence-electron chi connectivity index (χ3n) is 5.44. The zero-order valence-corrected chi connectivity index (χ0v) is 13.7. The highest BCUT2D eigenvalue weighted by molar-refractivity contribution is 5.92. The zero-order valence-electron chi connectivity index (χ0n) is 13.7. The van der Waals surface area contributed by atoms with Gasteiger partial charge in [-0.1, -0.05) is 17.7 Å². The van der Waals surface area contributed by atoms with Crippen molar-refractivity contribution in [2.75, 3.05) is 13.1 Å². The number of aryl methyl sites for hydroxylation is 1. The maximum atomic E-state index is 12.7. The van der Waals surface area contributed by atoms with E-state index in [1.54, 1.807) is 0 Å². The second-order valence-corrected chi connectivity index (χ2v) is 7.05. The van der Waals surface area contributed by atoms with Crippen LogP contribution in [0.3, 0.4) is 0 Å². The minimum absolute atomic E-state index is 0.112. The molecule has 1 saturated heterocycles. The number of nitrogens with one attached hydrogen (secondary N) is 1. The molecular weight excluding hydrogens is 304 g/mol. The number of nitrogens with zero attached hydrogens (tertiary/aromatic N) is 2. The monoisotopic (exact) mass is 326 g/mol. The van der Waals surface area contributed by atoms with Crippen molar-refractivity contribution < 1.29 is 4.79 Å². The number of nitrogens with two attached hydrogens (primary N) is 1. The molecule has 3 unspecified atom stereocenters. The molecule has 1 aliphatic carbocycles. The number of amides is 1. The lowest BCUT2D eigenvalue weighted by Gasteiger charge is -2.17. The molecule has 126 valence electrons. The van der Waals surface area contributed by atoms with E-state index in [2.05, 4.69) is 5.10 Å². The molecule has 0 bridgehead atoms. The van der Waals surface area contributed by atoms with Crippen LogP contribution in [0, 0.1) is 18.8 Å². The highest BCUT2D eigenvalue weighted by Crippen LogP contribution is 2.37. The zero-order chi connectivity index (χ0) is 16.8. The molecule has 0 spiro atoms. The van der Waals surface area contributed by atoms with Crippen molar-refractivity contribution >= 4 is 5.91 Å². The summed E-state index contributed by atoms with van der Waals surface area (Å²) in [7, 11) is 0. The van der Waals surface area contributed by atoms with Crippen LogP contribution in [0.15, 0.2) is 35.1 Å². The van der Waals surface area contributed by atoms with Gasteiger partial charge in [0.25, 0.3) is 11.5 Å². The molecule has 2 fully saturated rings. The van der Waals surface area contributed by atoms with Crippen molar-refractivity contribution in [3.05, 3.63) is 51.9 Å². The normalized spacial score (nSPS) is 25.9. The number of rotatable bonds is 2. The fourth-order valence-corrected chi connectivity index (χ4v) is 4.03. The molecule has 1 aromatic carbocycles. The van der Waals surface area contributed by atoms with Crippen LogP contribution in [0.1, 0.15) is 28.9 Å². The van der Waals surface area contributed by atoms with E-state index in [0.717, 1.165) is 30.6 Å². The maximum Gasteiger partial charge on any atom is 0.271 e. The number of aromatic amines is 1. The summed E-state index contributed by atoms with van der Waals surface area (Å²) in [6.07, 6.45) is 2.15. The number of aromatic nitrogens is 2. The average Bonchev–Trinajstić information content (AvgIpc) is 3.24. The number of carbonyl (C=O) groups is 1. The first-order valence-electron chi connectivity index (χ1n) is 8.47. The Labute approximate surface area is 140 Å². The van der Waals surface area contributed by atoms with Crippen molar-refractivity contribution in [2.24, 2.45) is 17.6 Å². The molecule has 2 heterocycles. The third-order valence-corrected chi connectivity index (χ3v) is 5.44. The van der Waals surface area contributed by atoms with Gasteiger partial charge in [0.15, 0.2) is 0 Å². The molecule has 3 N–H and O–H groups in total. The minimum atomic E-state index is -0.224. The second kappa shape index (κ2) is 5.63. The van der Waals surface area contributed by atoms with Crippen LogP contribution in [0.5, 0.6) is 0 Å². The van der Waals surface area contributed by atoms with Gasteiger partial charge >= 0.3 is 0 Å². The lowest BCUT2D eigenvalue weighted by molar-refractivity contribution is 0.0773. The van der Waals surface area contributed by atoms with Crippen LogP contribution in [0.2, 0.25) is 0 Å². The maximum absolute atomic E-state index is 12.7. The van der Waals surface area contributed by atoms with Crippen molar-refractivity contribution in [1.29, 1.82) is 0 Å². The third kappa shape index (κ3) is 2.47. The molecule has 4 rings (SSSR count). The summed E-state index contributed by atoms with van der Waals surface area (Å²) in [5.41, 5.74) is 8.10. The Hall–Kier alpha value is -2.34. The van der Waals surface area contributed by atoms with Crippen molar-refractivity contribution in [3.63, 3.8) is 0 Å². The number of benzene rings is 1. The summed E-state index contributed by atoms with van der Waals surface area (Å²) in [5.74, 6) is 0.800. The van der Waals surface area contributed by atoms with Gasteiger partial charge in [-0.25, -0.2) is 4.68 Å². The standard InChI is InChI=1S/C18H22N4O2/c1-11-2-5-13(6-3-11)22-17(23)8-16(20-22)18(24)21-9-12-4-7-15(19)14(12)10-21/h2-3,5-6,8,12,14-15,20H,4,7,9-10,19H2,1H3. The lowest BCUT2D eigenvalue weighted by atomic mass is 9.98. The summed E-state index contributed by atoms with van der Waals surface area (Å²) in [6.45, 7) is 3.43. The van der Waals surface area contributed by atoms with Gasteiger partial charge in [-0.2, -0.15) is 0 Å². The summed E-state index contributed by atoms with van der Waals surface area (Å²) in [5, 5.41) is 2.95. The molecule has 0 radical (unpaired) electrons. The van der Waals surface area contributed by atoms with Gasteiger partial charge in [0.1, 0.15) is 5.69 Å². The Kier molecular flexibility index (Phi) is 3.57. The molecule has 3 atom stereocenters. The van der Waals surface area contributed by atoms with Gasteiger partial charge < -0.3 is 10.6 Å². The molecule has 1 saturated carbocycles. The van der Waals surface area contributed by atoms with Crippen LogP contribution >= 0.6 is 0 Å². The molecule has 1 aromatic heterocycles. The Bertz CT molecular complexity index is 820. The van der Waals surface area contributed by atoms with Gasteiger partial charge in [-0.15, -0.1) is 0 Å². The van der Waals surface area contributed by atoms with E-state index in [1.807, 2.05) is 36.1 Å². The Morgan fingerprint density at radius 2 is 1.96 bits per heavy atom. The topological polar surface area (TPSA) is 84.1 Å². The number of carbonyl (C=O) groups excluding carboxylic acids is 1. The molecule has 24 heavy (non-hydrogen) atoms. The first-order valence-corrected chi connectivity index (χ1v) is 8.47. The minimum Gasteiger partial charge on any atom is -0.337 e. The fraction of sp³-hybridized carbons (Fsp3) is 0.444. The van der Waals surface area contributed by atoms with E-state index in [-0.39, 0.29) is 17.5 Å². The van der Waals surface area contributed by atoms with E-state index in [9.17, 15) is 9.59 Å². The van der Waals surface area contributed by atoms with Crippen LogP contribution in [0.25, 0.3) is 5.69 Å². The average molecular weight is 326 g/mol. The quantitative estimate of drug-likeness (QED) is 0.872. The van der Waals surface area contributed by atoms with Gasteiger partial charge in [-0.3, -0.25) is 14.7 Å². The van der Waals surface area contributed by atoms with E-state index >= 15 is 0 Å². The Morgan fingerprint density at radius 1 is 1.21 bits per heavy atom. The smallest absolute Gasteiger partial charge is 0.271 e. The SMILES string of the molecule is Cc1ccc(-n2[nH]c(C(=O)N3CC4CCC(N)C4C3)cc2=O)cc1. The van der Waals surface area contributed by atoms with Gasteiger partial charge in [0.2, 0.25) is 0 Å². The summed E-state index contributed by atoms with van der Waals surface area (Å²) >= 11 is 0. The van der Waals surface area contributed by atoms with E-state index in [1.165, 1.54) is 10.7 Å². The summed E-state index contributed by atoms with van der Waals surface area (Å²) in [6, 6.07) is 9.18. The van der Waals surface area contributed by atoms with Crippen LogP contribution in [-0.4, -0.2) is 39.7 Å². The number of hydrogen-bond acceptors (Lipinski definition) is 3. The number of likely N-dealkylation sites (tertiary alicyclic amines) is 1. The molecule has 1 aliphatic heterocycles. The predicted octanol–water partition coefficient (Wildman–Crippen LogP) is 1.28. The van der Waals surface area contributed by atoms with Crippen LogP contribution in [-0.2, 0) is 0 Å². The molecule has 1 amide bonds. The Balaban J connectivity index is 1.57. The number of hydrogen-bond donors (Lipinski definition) is 2. The van der Waals surface area contributed by atoms with E-state index in [0.29, 0.717) is 24.1 Å². The van der Waals surface area contributed by atoms with Gasteiger partial charge in [-0.05, 0) is 43.7 Å². The second-order valence-electron chi connectivity index (χ2n) is 7.05. The van der Waals surface area contributed by atoms with E-state index < -0.39 is 0 Å². The van der Waals surface area contributed by atoms with Crippen molar-refractivity contribution in [2.45, 2.75) is 25.8 Å². The predicted molar refractivity (Wildman–Crippen MR) is 91.2 cm³/mol. The molecule has 6 heteroatoms. The van der Waals surface area contributed by atoms with Gasteiger partial charge in [0.05, 0.1) is 5.69 Å². The molecule has 2 aliphatic rings. The van der Waals surface area contributed by atoms with Crippen molar-refractivity contribution in [3.8, 4) is 5.69 Å². The van der Waals surface area contributed by atoms with E-state index in [4.69, 9.17) is 5.73 Å². The molecule has 2 aromatic rings. The first-order chi connectivity index (χ1) is 11.5. The van der Waals surface area contributed by atoms with Crippen LogP contribution < -0.4 is 11.3 Å². The first kappa shape index (κ1) is 15.2. The highest BCUT2D eigenvalue weighted by Gasteiger charge is 2.42. The Morgan fingerprint density at radius 3 is 2.67 bits per heavy atom. The van der Waals surface area contributed by atoms with Crippen molar-refractivity contribution in [1.82, 2.24) is 14.7 Å². The summed E-state index contributed by atoms with van der Waals surface area (Å²) in [4.78, 5) is 26.8. The highest BCUT2D eigenvalue weighted by atomic mass is 16.2. The molecular formula is C18H22N4O2. The van der Waals surface area contributed by atoms with Gasteiger partial charge in [0, 0.05) is 25.2 Å². The number of fused-ring (bicyclic) bond motifs is 1. The summed E-state index contributed by atoms with van der Waals surface area (Å²) < 4.78 is 1.41. The molecule has 6 nitrogen and oxygen atoms in total. The van der Waals surface area contributed by atoms with Crippen LogP contribution in [0.4, 0.5) is 0 Å². The number of H-pyrrole nitrogens is 1. The largest absolute Gasteiger partial charge is 0.337 e. The fourth-order valence-electron chi connectivity index (χ4n) is 4.03.